The van der Waals surface area contributed by atoms with Gasteiger partial charge in [-0.15, -0.1) is 0 Å². The van der Waals surface area contributed by atoms with E-state index in [1.807, 2.05) is 0 Å². The van der Waals surface area contributed by atoms with Crippen molar-refractivity contribution in [3.05, 3.63) is 58.1 Å². The SMILES string of the molecule is O=C(Nc1cccc(C(=O)O)c1[O-])c1cccc(Br)c1. The molecular weight excluding hydrogens is 326 g/mol. The Morgan fingerprint density at radius 2 is 1.85 bits per heavy atom. The highest BCUT2D eigenvalue weighted by molar-refractivity contribution is 9.10. The number of aromatic carboxylic acids is 1. The number of anilines is 1. The molecule has 2 N–H and O–H groups in total. The second kappa shape index (κ2) is 5.75. The molecular formula is C14H9BrNO4-. The van der Waals surface area contributed by atoms with Gasteiger partial charge in [0.15, 0.2) is 0 Å². The number of nitrogens with one attached hydrogen (secondary N) is 1. The number of hydrogen-bond donors (Lipinski definition) is 2. The monoisotopic (exact) mass is 334 g/mol. The molecule has 0 aliphatic carbocycles. The molecule has 6 heteroatoms. The topological polar surface area (TPSA) is 89.5 Å². The van der Waals surface area contributed by atoms with E-state index in [1.165, 1.54) is 18.2 Å². The van der Waals surface area contributed by atoms with Gasteiger partial charge in [0.05, 0.1) is 5.56 Å². The smallest absolute Gasteiger partial charge is 0.335 e. The molecule has 0 unspecified atom stereocenters. The highest BCUT2D eigenvalue weighted by Gasteiger charge is 2.10. The summed E-state index contributed by atoms with van der Waals surface area (Å²) < 4.78 is 0.729. The molecule has 2 aromatic rings. The van der Waals surface area contributed by atoms with Crippen LogP contribution in [0.15, 0.2) is 46.9 Å². The average molecular weight is 335 g/mol. The molecule has 0 heterocycles. The number of carbonyl (C=O) groups is 2. The van der Waals surface area contributed by atoms with Crippen molar-refractivity contribution in [3.8, 4) is 5.75 Å². The lowest BCUT2D eigenvalue weighted by Gasteiger charge is -2.17. The molecule has 5 nitrogen and oxygen atoms in total. The van der Waals surface area contributed by atoms with Gasteiger partial charge in [-0.1, -0.05) is 33.8 Å². The first-order valence-corrected chi connectivity index (χ1v) is 6.38. The van der Waals surface area contributed by atoms with E-state index >= 15 is 0 Å². The third kappa shape index (κ3) is 2.97. The molecule has 0 bridgehead atoms. The molecule has 0 spiro atoms. The number of benzene rings is 2. The molecule has 0 saturated carbocycles. The Kier molecular flexibility index (Phi) is 4.05. The number of rotatable bonds is 3. The van der Waals surface area contributed by atoms with E-state index < -0.39 is 17.6 Å². The predicted octanol–water partition coefficient (Wildman–Crippen LogP) is 2.47. The van der Waals surface area contributed by atoms with Crippen molar-refractivity contribution in [2.75, 3.05) is 5.32 Å². The number of hydrogen-bond acceptors (Lipinski definition) is 3. The first-order valence-electron chi connectivity index (χ1n) is 5.59. The van der Waals surface area contributed by atoms with Gasteiger partial charge in [-0.2, -0.15) is 0 Å². The zero-order chi connectivity index (χ0) is 14.7. The summed E-state index contributed by atoms with van der Waals surface area (Å²) in [5, 5.41) is 23.1. The molecule has 0 radical (unpaired) electrons. The van der Waals surface area contributed by atoms with Gasteiger partial charge in [-0.3, -0.25) is 4.79 Å². The van der Waals surface area contributed by atoms with Crippen molar-refractivity contribution < 1.29 is 19.8 Å². The Bertz CT molecular complexity index is 685. The lowest BCUT2D eigenvalue weighted by atomic mass is 10.1. The predicted molar refractivity (Wildman–Crippen MR) is 74.9 cm³/mol. The highest BCUT2D eigenvalue weighted by atomic mass is 79.9. The van der Waals surface area contributed by atoms with Crippen molar-refractivity contribution in [3.63, 3.8) is 0 Å². The van der Waals surface area contributed by atoms with Crippen molar-refractivity contribution in [2.24, 2.45) is 0 Å². The van der Waals surface area contributed by atoms with Gasteiger partial charge in [0.25, 0.3) is 5.91 Å². The molecule has 0 aromatic heterocycles. The summed E-state index contributed by atoms with van der Waals surface area (Å²) in [5.41, 5.74) is -0.0774. The zero-order valence-electron chi connectivity index (χ0n) is 10.1. The van der Waals surface area contributed by atoms with Gasteiger partial charge in [0.2, 0.25) is 0 Å². The van der Waals surface area contributed by atoms with Gasteiger partial charge in [0, 0.05) is 15.7 Å². The fourth-order valence-electron chi connectivity index (χ4n) is 1.63. The van der Waals surface area contributed by atoms with Crippen LogP contribution in [0.25, 0.3) is 0 Å². The molecule has 0 atom stereocenters. The van der Waals surface area contributed by atoms with Gasteiger partial charge < -0.3 is 15.5 Å². The maximum atomic E-state index is 12.0. The van der Waals surface area contributed by atoms with Crippen molar-refractivity contribution in [1.82, 2.24) is 0 Å². The number of amides is 1. The number of carbonyl (C=O) groups excluding carboxylic acids is 1. The first-order chi connectivity index (χ1) is 9.49. The van der Waals surface area contributed by atoms with E-state index in [0.29, 0.717) is 5.56 Å². The van der Waals surface area contributed by atoms with Crippen LogP contribution < -0.4 is 10.4 Å². The maximum Gasteiger partial charge on any atom is 0.335 e. The second-order valence-electron chi connectivity index (χ2n) is 3.95. The van der Waals surface area contributed by atoms with E-state index in [9.17, 15) is 14.7 Å². The second-order valence-corrected chi connectivity index (χ2v) is 4.87. The van der Waals surface area contributed by atoms with Crippen LogP contribution >= 0.6 is 15.9 Å². The Morgan fingerprint density at radius 1 is 1.15 bits per heavy atom. The summed E-state index contributed by atoms with van der Waals surface area (Å²) in [5.74, 6) is -2.53. The molecule has 2 rings (SSSR count). The van der Waals surface area contributed by atoms with Crippen LogP contribution in [0.2, 0.25) is 0 Å². The normalized spacial score (nSPS) is 10.1. The third-order valence-corrected chi connectivity index (χ3v) is 3.07. The van der Waals surface area contributed by atoms with E-state index in [2.05, 4.69) is 21.2 Å². The average Bonchev–Trinajstić information content (AvgIpc) is 2.40. The van der Waals surface area contributed by atoms with Gasteiger partial charge in [-0.25, -0.2) is 4.79 Å². The minimum absolute atomic E-state index is 0.0603. The number of halogens is 1. The van der Waals surface area contributed by atoms with Crippen LogP contribution in [0.4, 0.5) is 5.69 Å². The summed E-state index contributed by atoms with van der Waals surface area (Å²) in [6.45, 7) is 0. The fraction of sp³-hybridized carbons (Fsp3) is 0. The third-order valence-electron chi connectivity index (χ3n) is 2.58. The molecule has 0 aliphatic heterocycles. The minimum atomic E-state index is -1.33. The van der Waals surface area contributed by atoms with Crippen molar-refractivity contribution in [2.45, 2.75) is 0 Å². The Labute approximate surface area is 123 Å². The highest BCUT2D eigenvalue weighted by Crippen LogP contribution is 2.25. The number of carboxylic acids is 1. The van der Waals surface area contributed by atoms with E-state index in [4.69, 9.17) is 5.11 Å². The van der Waals surface area contributed by atoms with Crippen LogP contribution in [0.1, 0.15) is 20.7 Å². The van der Waals surface area contributed by atoms with E-state index in [1.54, 1.807) is 24.3 Å². The molecule has 0 aliphatic rings. The number of para-hydroxylation sites is 1. The quantitative estimate of drug-likeness (QED) is 0.902. The van der Waals surface area contributed by atoms with Gasteiger partial charge in [-0.05, 0) is 30.3 Å². The molecule has 1 amide bonds. The maximum absolute atomic E-state index is 12.0. The summed E-state index contributed by atoms with van der Waals surface area (Å²) in [4.78, 5) is 22.8. The van der Waals surface area contributed by atoms with Gasteiger partial charge >= 0.3 is 5.97 Å². The van der Waals surface area contributed by atoms with Crippen molar-refractivity contribution in [1.29, 1.82) is 0 Å². The summed E-state index contributed by atoms with van der Waals surface area (Å²) in [7, 11) is 0. The van der Waals surface area contributed by atoms with Gasteiger partial charge in [0.1, 0.15) is 0 Å². The van der Waals surface area contributed by atoms with Crippen LogP contribution in [-0.4, -0.2) is 17.0 Å². The zero-order valence-corrected chi connectivity index (χ0v) is 11.7. The summed E-state index contributed by atoms with van der Waals surface area (Å²) in [6, 6.07) is 10.6. The Morgan fingerprint density at radius 3 is 2.50 bits per heavy atom. The molecule has 20 heavy (non-hydrogen) atoms. The largest absolute Gasteiger partial charge is 0.870 e. The molecule has 2 aromatic carbocycles. The standard InChI is InChI=1S/C14H10BrNO4/c15-9-4-1-3-8(7-9)13(18)16-11-6-2-5-10(12(11)17)14(19)20/h1-7,17H,(H,16,18)(H,19,20)/p-1. The summed E-state index contributed by atoms with van der Waals surface area (Å²) in [6.07, 6.45) is 0. The van der Waals surface area contributed by atoms with Crippen LogP contribution in [0.5, 0.6) is 5.75 Å². The van der Waals surface area contributed by atoms with Crippen LogP contribution in [-0.2, 0) is 0 Å². The Balaban J connectivity index is 2.29. The van der Waals surface area contributed by atoms with E-state index in [0.717, 1.165) is 4.47 Å². The lowest BCUT2D eigenvalue weighted by molar-refractivity contribution is -0.267. The lowest BCUT2D eigenvalue weighted by Crippen LogP contribution is -2.15. The number of carboxylic acid groups (broad SMARTS) is 1. The first kappa shape index (κ1) is 14.1. The molecule has 102 valence electrons. The molecule has 0 saturated heterocycles. The fourth-order valence-corrected chi connectivity index (χ4v) is 2.03. The van der Waals surface area contributed by atoms with Crippen LogP contribution in [0, 0.1) is 0 Å². The van der Waals surface area contributed by atoms with E-state index in [-0.39, 0.29) is 11.3 Å². The summed E-state index contributed by atoms with van der Waals surface area (Å²) >= 11 is 3.24. The Hall–Kier alpha value is -2.34. The van der Waals surface area contributed by atoms with Crippen LogP contribution in [0.3, 0.4) is 0 Å². The molecule has 0 fully saturated rings. The van der Waals surface area contributed by atoms with Crippen molar-refractivity contribution >= 4 is 33.5 Å². The minimum Gasteiger partial charge on any atom is -0.870 e.